The van der Waals surface area contributed by atoms with Gasteiger partial charge in [-0.1, -0.05) is 25.7 Å². The van der Waals surface area contributed by atoms with Crippen molar-refractivity contribution in [2.75, 3.05) is 6.54 Å². The van der Waals surface area contributed by atoms with Gasteiger partial charge in [-0.15, -0.1) is 11.3 Å². The maximum Gasteiger partial charge on any atom is 0.345 e. The summed E-state index contributed by atoms with van der Waals surface area (Å²) in [6.07, 6.45) is 6.34. The fraction of sp³-hybridized carbons (Fsp3) is 0.562. The van der Waals surface area contributed by atoms with Gasteiger partial charge < -0.3 is 15.7 Å². The molecule has 1 saturated carbocycles. The molecule has 3 N–H and O–H groups in total. The van der Waals surface area contributed by atoms with Crippen molar-refractivity contribution in [3.8, 4) is 0 Å². The highest BCUT2D eigenvalue weighted by Crippen LogP contribution is 2.28. The largest absolute Gasteiger partial charge is 0.477 e. The summed E-state index contributed by atoms with van der Waals surface area (Å²) >= 11 is 1.13. The number of amides is 2. The Morgan fingerprint density at radius 2 is 1.87 bits per heavy atom. The van der Waals surface area contributed by atoms with E-state index in [1.165, 1.54) is 31.7 Å². The second-order valence-electron chi connectivity index (χ2n) is 5.81. The molecule has 0 radical (unpaired) electrons. The van der Waals surface area contributed by atoms with Crippen LogP contribution >= 0.6 is 11.3 Å². The molecule has 2 rings (SSSR count). The molecule has 0 bridgehead atoms. The van der Waals surface area contributed by atoms with E-state index in [1.807, 2.05) is 0 Å². The van der Waals surface area contributed by atoms with Gasteiger partial charge in [0, 0.05) is 11.3 Å². The number of rotatable bonds is 8. The fourth-order valence-electron chi connectivity index (χ4n) is 2.74. The van der Waals surface area contributed by atoms with E-state index in [0.717, 1.165) is 22.6 Å². The van der Waals surface area contributed by atoms with E-state index >= 15 is 0 Å². The second-order valence-corrected chi connectivity index (χ2v) is 6.98. The molecule has 1 aromatic rings. The van der Waals surface area contributed by atoms with Gasteiger partial charge in [0.25, 0.3) is 0 Å². The Morgan fingerprint density at radius 1 is 1.13 bits per heavy atom. The zero-order valence-corrected chi connectivity index (χ0v) is 13.8. The van der Waals surface area contributed by atoms with Crippen LogP contribution in [0.3, 0.4) is 0 Å². The van der Waals surface area contributed by atoms with Crippen LogP contribution in [0, 0.1) is 5.92 Å². The zero-order valence-electron chi connectivity index (χ0n) is 13.0. The van der Waals surface area contributed by atoms with Gasteiger partial charge in [-0.25, -0.2) is 4.79 Å². The first-order valence-corrected chi connectivity index (χ1v) is 8.71. The van der Waals surface area contributed by atoms with E-state index in [9.17, 15) is 14.4 Å². The minimum Gasteiger partial charge on any atom is -0.477 e. The highest BCUT2D eigenvalue weighted by molar-refractivity contribution is 7.13. The average Bonchev–Trinajstić information content (AvgIpc) is 3.19. The number of carbonyl (C=O) groups is 3. The second kappa shape index (κ2) is 8.67. The van der Waals surface area contributed by atoms with Crippen LogP contribution in [0.2, 0.25) is 0 Å². The van der Waals surface area contributed by atoms with Crippen molar-refractivity contribution in [2.45, 2.75) is 45.1 Å². The Kier molecular flexibility index (Phi) is 6.58. The number of carboxylic acid groups (broad SMARTS) is 1. The predicted octanol–water partition coefficient (Wildman–Crippen LogP) is 2.15. The molecule has 1 aliphatic rings. The van der Waals surface area contributed by atoms with Crippen molar-refractivity contribution >= 4 is 29.1 Å². The van der Waals surface area contributed by atoms with Gasteiger partial charge in [0.05, 0.1) is 13.1 Å². The number of aromatic carboxylic acids is 1. The van der Waals surface area contributed by atoms with Gasteiger partial charge in [0.1, 0.15) is 4.88 Å². The third-order valence-electron chi connectivity index (χ3n) is 4.03. The molecule has 1 aromatic heterocycles. The monoisotopic (exact) mass is 338 g/mol. The van der Waals surface area contributed by atoms with E-state index < -0.39 is 5.97 Å². The zero-order chi connectivity index (χ0) is 16.7. The van der Waals surface area contributed by atoms with Crippen LogP contribution in [0.4, 0.5) is 0 Å². The number of hydrogen-bond acceptors (Lipinski definition) is 4. The van der Waals surface area contributed by atoms with Crippen LogP contribution in [0.5, 0.6) is 0 Å². The van der Waals surface area contributed by atoms with E-state index in [1.54, 1.807) is 6.07 Å². The summed E-state index contributed by atoms with van der Waals surface area (Å²) in [4.78, 5) is 35.2. The molecule has 0 saturated heterocycles. The van der Waals surface area contributed by atoms with Crippen LogP contribution in [0.25, 0.3) is 0 Å². The number of nitrogens with one attached hydrogen (secondary N) is 2. The van der Waals surface area contributed by atoms with E-state index in [-0.39, 0.29) is 29.8 Å². The molecule has 1 aliphatic carbocycles. The van der Waals surface area contributed by atoms with Crippen LogP contribution in [0.15, 0.2) is 12.1 Å². The van der Waals surface area contributed by atoms with Crippen LogP contribution < -0.4 is 10.6 Å². The Bertz CT molecular complexity index is 564. The first kappa shape index (κ1) is 17.5. The summed E-state index contributed by atoms with van der Waals surface area (Å²) < 4.78 is 0. The van der Waals surface area contributed by atoms with E-state index in [4.69, 9.17) is 5.11 Å². The molecule has 2 amide bonds. The van der Waals surface area contributed by atoms with E-state index in [0.29, 0.717) is 12.3 Å². The van der Waals surface area contributed by atoms with Gasteiger partial charge in [-0.2, -0.15) is 0 Å². The standard InChI is InChI=1S/C16H22N2O4S/c19-14(8-5-11-3-1-2-4-11)18-10-15(20)17-9-12-6-7-13(23-12)16(21)22/h6-7,11H,1-5,8-10H2,(H,17,20)(H,18,19)(H,21,22). The van der Waals surface area contributed by atoms with Crippen molar-refractivity contribution in [1.82, 2.24) is 10.6 Å². The lowest BCUT2D eigenvalue weighted by Crippen LogP contribution is -2.36. The third kappa shape index (κ3) is 6.02. The van der Waals surface area contributed by atoms with Crippen molar-refractivity contribution in [3.05, 3.63) is 21.9 Å². The molecule has 126 valence electrons. The first-order valence-electron chi connectivity index (χ1n) is 7.90. The van der Waals surface area contributed by atoms with Gasteiger partial charge in [0.15, 0.2) is 0 Å². The molecule has 0 aromatic carbocycles. The summed E-state index contributed by atoms with van der Waals surface area (Å²) in [7, 11) is 0. The first-order chi connectivity index (χ1) is 11.0. The maximum atomic E-state index is 11.7. The Morgan fingerprint density at radius 3 is 2.52 bits per heavy atom. The Balaban J connectivity index is 1.60. The minimum atomic E-state index is -0.970. The molecule has 23 heavy (non-hydrogen) atoms. The number of carboxylic acids is 1. The van der Waals surface area contributed by atoms with Crippen molar-refractivity contribution in [2.24, 2.45) is 5.92 Å². The number of thiophene rings is 1. The molecule has 0 aliphatic heterocycles. The summed E-state index contributed by atoms with van der Waals surface area (Å²) in [5, 5.41) is 14.1. The molecule has 1 heterocycles. The number of carbonyl (C=O) groups excluding carboxylic acids is 2. The topological polar surface area (TPSA) is 95.5 Å². The molecule has 0 atom stereocenters. The van der Waals surface area contributed by atoms with Crippen molar-refractivity contribution in [1.29, 1.82) is 0 Å². The lowest BCUT2D eigenvalue weighted by Gasteiger charge is -2.09. The molecular weight excluding hydrogens is 316 g/mol. The minimum absolute atomic E-state index is 0.0410. The summed E-state index contributed by atoms with van der Waals surface area (Å²) in [5.41, 5.74) is 0. The third-order valence-corrected chi connectivity index (χ3v) is 5.11. The summed E-state index contributed by atoms with van der Waals surface area (Å²) in [5.74, 6) is -0.667. The van der Waals surface area contributed by atoms with Crippen LogP contribution in [-0.4, -0.2) is 29.4 Å². The molecular formula is C16H22N2O4S. The average molecular weight is 338 g/mol. The smallest absolute Gasteiger partial charge is 0.345 e. The normalized spacial score (nSPS) is 14.6. The molecule has 1 fully saturated rings. The summed E-state index contributed by atoms with van der Waals surface area (Å²) in [6, 6.07) is 3.19. The molecule has 0 spiro atoms. The SMILES string of the molecule is O=C(CCC1CCCC1)NCC(=O)NCc1ccc(C(=O)O)s1. The fourth-order valence-corrected chi connectivity index (χ4v) is 3.52. The van der Waals surface area contributed by atoms with Crippen molar-refractivity contribution < 1.29 is 19.5 Å². The lowest BCUT2D eigenvalue weighted by atomic mass is 10.0. The molecule has 7 heteroatoms. The van der Waals surface area contributed by atoms with Gasteiger partial charge >= 0.3 is 5.97 Å². The number of hydrogen-bond donors (Lipinski definition) is 3. The molecule has 0 unspecified atom stereocenters. The summed E-state index contributed by atoms with van der Waals surface area (Å²) in [6.45, 7) is 0.232. The van der Waals surface area contributed by atoms with Crippen molar-refractivity contribution in [3.63, 3.8) is 0 Å². The Hall–Kier alpha value is -1.89. The van der Waals surface area contributed by atoms with Gasteiger partial charge in [-0.3, -0.25) is 9.59 Å². The quantitative estimate of drug-likeness (QED) is 0.677. The highest BCUT2D eigenvalue weighted by Gasteiger charge is 2.16. The molecule has 6 nitrogen and oxygen atoms in total. The maximum absolute atomic E-state index is 11.7. The van der Waals surface area contributed by atoms with Crippen LogP contribution in [0.1, 0.15) is 53.1 Å². The highest BCUT2D eigenvalue weighted by atomic mass is 32.1. The van der Waals surface area contributed by atoms with Crippen LogP contribution in [-0.2, 0) is 16.1 Å². The van der Waals surface area contributed by atoms with Gasteiger partial charge in [0.2, 0.25) is 11.8 Å². The predicted molar refractivity (Wildman–Crippen MR) is 87.3 cm³/mol. The van der Waals surface area contributed by atoms with Gasteiger partial charge in [-0.05, 0) is 24.5 Å². The van der Waals surface area contributed by atoms with E-state index in [2.05, 4.69) is 10.6 Å². The lowest BCUT2D eigenvalue weighted by molar-refractivity contribution is -0.126. The Labute approximate surface area is 139 Å².